The fourth-order valence-electron chi connectivity index (χ4n) is 4.18. The monoisotopic (exact) mass is 304 g/mol. The molecule has 0 amide bonds. The van der Waals surface area contributed by atoms with Gasteiger partial charge >= 0.3 is 0 Å². The summed E-state index contributed by atoms with van der Waals surface area (Å²) < 4.78 is 29.7. The average Bonchev–Trinajstić information content (AvgIpc) is 2.72. The SMILES string of the molecule is CN(C1CCS(=O)(=O)C1)C1(CN)CC(C)(C)OC1(C)C. The molecule has 0 aliphatic carbocycles. The summed E-state index contributed by atoms with van der Waals surface area (Å²) in [6, 6.07) is 0.0420. The third-order valence-electron chi connectivity index (χ3n) is 5.14. The van der Waals surface area contributed by atoms with Gasteiger partial charge in [0, 0.05) is 12.6 Å². The van der Waals surface area contributed by atoms with Gasteiger partial charge in [-0.3, -0.25) is 4.90 Å². The van der Waals surface area contributed by atoms with Gasteiger partial charge in [0.05, 0.1) is 28.2 Å². The molecule has 0 bridgehead atoms. The van der Waals surface area contributed by atoms with Crippen molar-refractivity contribution in [3.63, 3.8) is 0 Å². The van der Waals surface area contributed by atoms with E-state index >= 15 is 0 Å². The highest BCUT2D eigenvalue weighted by molar-refractivity contribution is 7.91. The van der Waals surface area contributed by atoms with Crippen LogP contribution in [0.15, 0.2) is 0 Å². The number of rotatable bonds is 3. The van der Waals surface area contributed by atoms with Gasteiger partial charge in [-0.05, 0) is 47.6 Å². The maximum atomic E-state index is 11.8. The molecule has 2 N–H and O–H groups in total. The topological polar surface area (TPSA) is 72.6 Å². The van der Waals surface area contributed by atoms with Gasteiger partial charge in [-0.2, -0.15) is 0 Å². The third-order valence-corrected chi connectivity index (χ3v) is 6.89. The van der Waals surface area contributed by atoms with Crippen molar-refractivity contribution in [1.82, 2.24) is 4.90 Å². The normalized spacial score (nSPS) is 38.5. The zero-order valence-corrected chi connectivity index (χ0v) is 14.1. The summed E-state index contributed by atoms with van der Waals surface area (Å²) in [5, 5.41) is 0. The fourth-order valence-corrected chi connectivity index (χ4v) is 5.96. The minimum Gasteiger partial charge on any atom is -0.368 e. The number of hydrogen-bond donors (Lipinski definition) is 1. The van der Waals surface area contributed by atoms with E-state index in [0.29, 0.717) is 13.0 Å². The van der Waals surface area contributed by atoms with Gasteiger partial charge in [-0.1, -0.05) is 0 Å². The van der Waals surface area contributed by atoms with E-state index in [0.717, 1.165) is 6.42 Å². The molecule has 2 heterocycles. The molecular weight excluding hydrogens is 276 g/mol. The number of sulfone groups is 1. The molecule has 20 heavy (non-hydrogen) atoms. The second-order valence-corrected chi connectivity index (χ2v) is 9.68. The van der Waals surface area contributed by atoms with Gasteiger partial charge in [-0.15, -0.1) is 0 Å². The van der Waals surface area contributed by atoms with Crippen molar-refractivity contribution in [3.05, 3.63) is 0 Å². The lowest BCUT2D eigenvalue weighted by Gasteiger charge is -2.48. The first kappa shape index (κ1) is 16.2. The average molecular weight is 304 g/mol. The summed E-state index contributed by atoms with van der Waals surface area (Å²) in [7, 11) is -0.890. The first-order chi connectivity index (χ1) is 8.95. The summed E-state index contributed by atoms with van der Waals surface area (Å²) in [4.78, 5) is 2.19. The zero-order chi connectivity index (χ0) is 15.4. The molecule has 0 spiro atoms. The van der Waals surface area contributed by atoms with Gasteiger partial charge in [0.25, 0.3) is 0 Å². The third kappa shape index (κ3) is 2.51. The Labute approximate surface area is 122 Å². The molecule has 2 fully saturated rings. The molecule has 2 aliphatic rings. The van der Waals surface area contributed by atoms with Gasteiger partial charge in [0.1, 0.15) is 0 Å². The fraction of sp³-hybridized carbons (Fsp3) is 1.00. The largest absolute Gasteiger partial charge is 0.368 e. The van der Waals surface area contributed by atoms with Crippen molar-refractivity contribution in [2.24, 2.45) is 5.73 Å². The Bertz CT molecular complexity index is 487. The summed E-state index contributed by atoms with van der Waals surface area (Å²) in [5.41, 5.74) is 5.17. The lowest BCUT2D eigenvalue weighted by molar-refractivity contribution is -0.105. The van der Waals surface area contributed by atoms with Crippen LogP contribution in [-0.4, -0.2) is 61.2 Å². The van der Waals surface area contributed by atoms with Crippen LogP contribution in [0.4, 0.5) is 0 Å². The molecule has 2 unspecified atom stereocenters. The van der Waals surface area contributed by atoms with Crippen LogP contribution in [0.25, 0.3) is 0 Å². The van der Waals surface area contributed by atoms with Crippen molar-refractivity contribution in [2.75, 3.05) is 25.1 Å². The minimum absolute atomic E-state index is 0.0420. The molecule has 0 aromatic heterocycles. The van der Waals surface area contributed by atoms with Crippen LogP contribution >= 0.6 is 0 Å². The van der Waals surface area contributed by atoms with E-state index in [1.165, 1.54) is 0 Å². The standard InChI is InChI=1S/C14H28N2O3S/c1-12(2)9-14(10-15,13(3,4)19-12)16(5)11-6-7-20(17,18)8-11/h11H,6-10,15H2,1-5H3. The Kier molecular flexibility index (Phi) is 3.78. The Morgan fingerprint density at radius 2 is 1.90 bits per heavy atom. The maximum Gasteiger partial charge on any atom is 0.151 e. The molecule has 0 radical (unpaired) electrons. The molecule has 0 saturated carbocycles. The number of likely N-dealkylation sites (N-methyl/N-ethyl adjacent to an activating group) is 1. The summed E-state index contributed by atoms with van der Waals surface area (Å²) in [6.07, 6.45) is 1.51. The van der Waals surface area contributed by atoms with Crippen LogP contribution in [0.1, 0.15) is 40.5 Å². The quantitative estimate of drug-likeness (QED) is 0.834. The minimum atomic E-state index is -2.89. The summed E-state index contributed by atoms with van der Waals surface area (Å²) in [5.74, 6) is 0.523. The highest BCUT2D eigenvalue weighted by atomic mass is 32.2. The van der Waals surface area contributed by atoms with Crippen LogP contribution in [0, 0.1) is 0 Å². The lowest BCUT2D eigenvalue weighted by Crippen LogP contribution is -2.64. The van der Waals surface area contributed by atoms with Crippen molar-refractivity contribution in [1.29, 1.82) is 0 Å². The predicted octanol–water partition coefficient (Wildman–Crippen LogP) is 0.780. The van der Waals surface area contributed by atoms with E-state index < -0.39 is 15.4 Å². The lowest BCUT2D eigenvalue weighted by atomic mass is 9.77. The molecule has 0 aromatic carbocycles. The van der Waals surface area contributed by atoms with E-state index in [-0.39, 0.29) is 28.7 Å². The van der Waals surface area contributed by atoms with Crippen LogP contribution in [-0.2, 0) is 14.6 Å². The number of ether oxygens (including phenoxy) is 1. The second-order valence-electron chi connectivity index (χ2n) is 7.45. The predicted molar refractivity (Wildman–Crippen MR) is 80.5 cm³/mol. The Morgan fingerprint density at radius 1 is 1.30 bits per heavy atom. The van der Waals surface area contributed by atoms with E-state index in [1.54, 1.807) is 0 Å². The molecule has 2 atom stereocenters. The highest BCUT2D eigenvalue weighted by Crippen LogP contribution is 2.48. The summed E-state index contributed by atoms with van der Waals surface area (Å²) >= 11 is 0. The number of nitrogens with zero attached hydrogens (tertiary/aromatic N) is 1. The summed E-state index contributed by atoms with van der Waals surface area (Å²) in [6.45, 7) is 8.75. The van der Waals surface area contributed by atoms with Crippen LogP contribution in [0.5, 0.6) is 0 Å². The molecule has 0 aromatic rings. The number of hydrogen-bond acceptors (Lipinski definition) is 5. The molecule has 118 valence electrons. The van der Waals surface area contributed by atoms with Gasteiger partial charge in [0.15, 0.2) is 9.84 Å². The van der Waals surface area contributed by atoms with Crippen LogP contribution in [0.2, 0.25) is 0 Å². The van der Waals surface area contributed by atoms with Gasteiger partial charge < -0.3 is 10.5 Å². The molecule has 2 aliphatic heterocycles. The second kappa shape index (κ2) is 4.66. The van der Waals surface area contributed by atoms with Crippen molar-refractivity contribution >= 4 is 9.84 Å². The highest BCUT2D eigenvalue weighted by Gasteiger charge is 2.60. The van der Waals surface area contributed by atoms with Crippen molar-refractivity contribution in [2.45, 2.75) is 63.3 Å². The smallest absolute Gasteiger partial charge is 0.151 e. The zero-order valence-electron chi connectivity index (χ0n) is 13.3. The molecular formula is C14H28N2O3S. The van der Waals surface area contributed by atoms with E-state index in [2.05, 4.69) is 32.6 Å². The van der Waals surface area contributed by atoms with E-state index in [1.807, 2.05) is 7.05 Å². The maximum absolute atomic E-state index is 11.8. The van der Waals surface area contributed by atoms with Crippen LogP contribution < -0.4 is 5.73 Å². The van der Waals surface area contributed by atoms with E-state index in [4.69, 9.17) is 10.5 Å². The van der Waals surface area contributed by atoms with E-state index in [9.17, 15) is 8.42 Å². The first-order valence-corrected chi connectivity index (χ1v) is 9.10. The molecule has 5 nitrogen and oxygen atoms in total. The van der Waals surface area contributed by atoms with Crippen molar-refractivity contribution < 1.29 is 13.2 Å². The Hall–Kier alpha value is -0.170. The van der Waals surface area contributed by atoms with Gasteiger partial charge in [0.2, 0.25) is 0 Å². The molecule has 6 heteroatoms. The molecule has 2 rings (SSSR count). The van der Waals surface area contributed by atoms with Gasteiger partial charge in [-0.25, -0.2) is 8.42 Å². The Morgan fingerprint density at radius 3 is 2.25 bits per heavy atom. The van der Waals surface area contributed by atoms with Crippen molar-refractivity contribution in [3.8, 4) is 0 Å². The Balaban J connectivity index is 2.32. The molecule has 2 saturated heterocycles. The van der Waals surface area contributed by atoms with Crippen LogP contribution in [0.3, 0.4) is 0 Å². The number of nitrogens with two attached hydrogens (primary N) is 1. The first-order valence-electron chi connectivity index (χ1n) is 7.28.